The summed E-state index contributed by atoms with van der Waals surface area (Å²) < 4.78 is 0. The highest BCUT2D eigenvalue weighted by Gasteiger charge is 2.43. The maximum absolute atomic E-state index is 11.2. The summed E-state index contributed by atoms with van der Waals surface area (Å²) in [6.45, 7) is 8.06. The minimum Gasteiger partial charge on any atom is -0.324 e. The lowest BCUT2D eigenvalue weighted by Crippen LogP contribution is -2.62. The minimum atomic E-state index is 0.0838. The molecular weight excluding hydrogens is 152 g/mol. The van der Waals surface area contributed by atoms with Crippen LogP contribution in [0.15, 0.2) is 0 Å². The van der Waals surface area contributed by atoms with Crippen LogP contribution in [-0.2, 0) is 4.79 Å². The molecule has 3 nitrogen and oxygen atoms in total. The quantitative estimate of drug-likeness (QED) is 0.588. The lowest BCUT2D eigenvalue weighted by Gasteiger charge is -2.49. The minimum absolute atomic E-state index is 0.0838. The second-order valence-corrected chi connectivity index (χ2v) is 4.12. The van der Waals surface area contributed by atoms with E-state index in [1.165, 1.54) is 0 Å². The molecule has 70 valence electrons. The third-order valence-corrected chi connectivity index (χ3v) is 2.54. The van der Waals surface area contributed by atoms with E-state index in [4.69, 9.17) is 0 Å². The molecule has 1 rings (SSSR count). The van der Waals surface area contributed by atoms with E-state index in [-0.39, 0.29) is 11.4 Å². The average Bonchev–Trinajstić information content (AvgIpc) is 1.99. The Bertz CT molecular complexity index is 189. The van der Waals surface area contributed by atoms with Crippen molar-refractivity contribution in [2.75, 3.05) is 20.3 Å². The van der Waals surface area contributed by atoms with Gasteiger partial charge in [0.1, 0.15) is 0 Å². The highest BCUT2D eigenvalue weighted by molar-refractivity contribution is 5.84. The maximum atomic E-state index is 11.2. The molecule has 0 radical (unpaired) electrons. The third-order valence-electron chi connectivity index (χ3n) is 2.54. The Labute approximate surface area is 74.3 Å². The van der Waals surface area contributed by atoms with Gasteiger partial charge in [-0.05, 0) is 27.4 Å². The number of nitrogens with zero attached hydrogens (tertiary/aromatic N) is 2. The Morgan fingerprint density at radius 1 is 1.58 bits per heavy atom. The lowest BCUT2D eigenvalue weighted by atomic mass is 9.89. The Kier molecular flexibility index (Phi) is 2.42. The van der Waals surface area contributed by atoms with Gasteiger partial charge in [0.2, 0.25) is 5.91 Å². The number of carbonyl (C=O) groups excluding carboxylic acids is 1. The zero-order chi connectivity index (χ0) is 9.35. The van der Waals surface area contributed by atoms with E-state index in [1.54, 1.807) is 0 Å². The van der Waals surface area contributed by atoms with Crippen LogP contribution in [0.4, 0.5) is 0 Å². The first-order valence-electron chi connectivity index (χ1n) is 4.46. The predicted molar refractivity (Wildman–Crippen MR) is 48.7 cm³/mol. The monoisotopic (exact) mass is 170 g/mol. The summed E-state index contributed by atoms with van der Waals surface area (Å²) in [5.41, 5.74) is 0.0838. The van der Waals surface area contributed by atoms with E-state index in [2.05, 4.69) is 25.7 Å². The van der Waals surface area contributed by atoms with E-state index >= 15 is 0 Å². The fraction of sp³-hybridized carbons (Fsp3) is 0.889. The number of carbonyl (C=O) groups is 1. The Hall–Kier alpha value is -0.570. The predicted octanol–water partition coefficient (Wildman–Crippen LogP) is 0.906. The number of rotatable bonds is 3. The fourth-order valence-corrected chi connectivity index (χ4v) is 1.42. The van der Waals surface area contributed by atoms with E-state index in [9.17, 15) is 4.79 Å². The Morgan fingerprint density at radius 2 is 2.17 bits per heavy atom. The molecule has 1 heterocycles. The molecule has 0 aromatic heterocycles. The number of hydrogen-bond acceptors (Lipinski definition) is 2. The normalized spacial score (nSPS) is 21.4. The van der Waals surface area contributed by atoms with Gasteiger partial charge in [-0.3, -0.25) is 9.69 Å². The molecule has 0 atom stereocenters. The molecule has 0 aromatic rings. The molecule has 1 aliphatic rings. The van der Waals surface area contributed by atoms with Crippen molar-refractivity contribution in [2.45, 2.75) is 32.7 Å². The van der Waals surface area contributed by atoms with Crippen molar-refractivity contribution in [3.63, 3.8) is 0 Å². The van der Waals surface area contributed by atoms with Crippen LogP contribution >= 0.6 is 0 Å². The fourth-order valence-electron chi connectivity index (χ4n) is 1.42. The number of β-lactam (4-membered cyclic amide) rings is 1. The average molecular weight is 170 g/mol. The first-order chi connectivity index (χ1) is 5.47. The van der Waals surface area contributed by atoms with Crippen LogP contribution in [0.25, 0.3) is 0 Å². The standard InChI is InChI=1S/C9H18N2O/c1-5-10(4)7-11-8(12)6-9(11,2)3/h5-7H2,1-4H3. The van der Waals surface area contributed by atoms with Crippen molar-refractivity contribution in [3.8, 4) is 0 Å². The highest BCUT2D eigenvalue weighted by atomic mass is 16.2. The van der Waals surface area contributed by atoms with Gasteiger partial charge in [-0.2, -0.15) is 0 Å². The summed E-state index contributed by atoms with van der Waals surface area (Å²) in [5.74, 6) is 0.278. The molecule has 0 spiro atoms. The molecule has 1 amide bonds. The van der Waals surface area contributed by atoms with Gasteiger partial charge in [0.25, 0.3) is 0 Å². The molecule has 0 aromatic carbocycles. The van der Waals surface area contributed by atoms with Gasteiger partial charge in [0, 0.05) is 12.0 Å². The summed E-state index contributed by atoms with van der Waals surface area (Å²) in [4.78, 5) is 15.3. The van der Waals surface area contributed by atoms with Gasteiger partial charge in [0.15, 0.2) is 0 Å². The zero-order valence-corrected chi connectivity index (χ0v) is 8.42. The van der Waals surface area contributed by atoms with Gasteiger partial charge in [-0.1, -0.05) is 6.92 Å². The van der Waals surface area contributed by atoms with Crippen molar-refractivity contribution in [2.24, 2.45) is 0 Å². The van der Waals surface area contributed by atoms with Crippen molar-refractivity contribution >= 4 is 5.91 Å². The Morgan fingerprint density at radius 3 is 2.50 bits per heavy atom. The van der Waals surface area contributed by atoms with Crippen molar-refractivity contribution < 1.29 is 4.79 Å². The topological polar surface area (TPSA) is 23.6 Å². The van der Waals surface area contributed by atoms with Crippen molar-refractivity contribution in [3.05, 3.63) is 0 Å². The second-order valence-electron chi connectivity index (χ2n) is 4.12. The molecular formula is C9H18N2O. The Balaban J connectivity index is 2.46. The van der Waals surface area contributed by atoms with Gasteiger partial charge < -0.3 is 4.90 Å². The molecule has 0 bridgehead atoms. The number of likely N-dealkylation sites (tertiary alicyclic amines) is 1. The maximum Gasteiger partial charge on any atom is 0.226 e. The van der Waals surface area contributed by atoms with Crippen LogP contribution in [0.1, 0.15) is 27.2 Å². The summed E-state index contributed by atoms with van der Waals surface area (Å²) in [6.07, 6.45) is 0.699. The summed E-state index contributed by atoms with van der Waals surface area (Å²) in [5, 5.41) is 0. The molecule has 1 fully saturated rings. The molecule has 1 aliphatic heterocycles. The summed E-state index contributed by atoms with van der Waals surface area (Å²) >= 11 is 0. The second kappa shape index (κ2) is 3.05. The summed E-state index contributed by atoms with van der Waals surface area (Å²) in [6, 6.07) is 0. The smallest absolute Gasteiger partial charge is 0.226 e. The van der Waals surface area contributed by atoms with Crippen molar-refractivity contribution in [1.82, 2.24) is 9.80 Å². The molecule has 12 heavy (non-hydrogen) atoms. The lowest BCUT2D eigenvalue weighted by molar-refractivity contribution is -0.157. The molecule has 0 aliphatic carbocycles. The third kappa shape index (κ3) is 1.61. The van der Waals surface area contributed by atoms with Gasteiger partial charge in [-0.25, -0.2) is 0 Å². The van der Waals surface area contributed by atoms with E-state index in [1.807, 2.05) is 11.9 Å². The molecule has 0 saturated carbocycles. The molecule has 0 unspecified atom stereocenters. The van der Waals surface area contributed by atoms with Crippen LogP contribution in [0, 0.1) is 0 Å². The van der Waals surface area contributed by atoms with E-state index in [0.29, 0.717) is 6.42 Å². The SMILES string of the molecule is CCN(C)CN1C(=O)CC1(C)C. The molecule has 3 heteroatoms. The summed E-state index contributed by atoms with van der Waals surface area (Å²) in [7, 11) is 2.03. The zero-order valence-electron chi connectivity index (χ0n) is 8.42. The van der Waals surface area contributed by atoms with Gasteiger partial charge in [-0.15, -0.1) is 0 Å². The number of hydrogen-bond donors (Lipinski definition) is 0. The van der Waals surface area contributed by atoms with Crippen LogP contribution in [0.5, 0.6) is 0 Å². The number of amides is 1. The largest absolute Gasteiger partial charge is 0.324 e. The van der Waals surface area contributed by atoms with Crippen molar-refractivity contribution in [1.29, 1.82) is 0 Å². The van der Waals surface area contributed by atoms with Crippen LogP contribution in [0.2, 0.25) is 0 Å². The molecule has 1 saturated heterocycles. The first kappa shape index (κ1) is 9.52. The first-order valence-corrected chi connectivity index (χ1v) is 4.46. The van der Waals surface area contributed by atoms with Gasteiger partial charge >= 0.3 is 0 Å². The van der Waals surface area contributed by atoms with E-state index in [0.717, 1.165) is 13.2 Å². The molecule has 0 N–H and O–H groups in total. The highest BCUT2D eigenvalue weighted by Crippen LogP contribution is 2.30. The van der Waals surface area contributed by atoms with Crippen LogP contribution < -0.4 is 0 Å². The van der Waals surface area contributed by atoms with Crippen LogP contribution in [-0.4, -0.2) is 41.5 Å². The van der Waals surface area contributed by atoms with Gasteiger partial charge in [0.05, 0.1) is 6.67 Å². The van der Waals surface area contributed by atoms with E-state index < -0.39 is 0 Å². The van der Waals surface area contributed by atoms with Crippen LogP contribution in [0.3, 0.4) is 0 Å².